The molecule has 3 nitrogen and oxygen atoms in total. The molecule has 2 aromatic rings. The van der Waals surface area contributed by atoms with Gasteiger partial charge in [0.2, 0.25) is 0 Å². The quantitative estimate of drug-likeness (QED) is 0.895. The summed E-state index contributed by atoms with van der Waals surface area (Å²) in [6, 6.07) is 0.559. The lowest BCUT2D eigenvalue weighted by Gasteiger charge is -2.35. The number of aromatic nitrogens is 2. The Labute approximate surface area is 124 Å². The standard InChI is InChI=1S/C16H23N3S/c1-10(2)12-6-4-5-7-13(12)19-16-15-14(17-9-18-16)11(3)8-20-15/h8-10,12-13H,4-7H2,1-3H3,(H,17,18,19). The highest BCUT2D eigenvalue weighted by molar-refractivity contribution is 7.18. The molecule has 0 amide bonds. The van der Waals surface area contributed by atoms with Crippen molar-refractivity contribution in [1.82, 2.24) is 9.97 Å². The molecule has 1 aliphatic carbocycles. The van der Waals surface area contributed by atoms with Crippen molar-refractivity contribution in [1.29, 1.82) is 0 Å². The Morgan fingerprint density at radius 2 is 2.05 bits per heavy atom. The molecule has 0 spiro atoms. The third-order valence-corrected chi connectivity index (χ3v) is 5.62. The molecule has 3 rings (SSSR count). The summed E-state index contributed by atoms with van der Waals surface area (Å²) in [4.78, 5) is 8.90. The minimum atomic E-state index is 0.559. The Balaban J connectivity index is 1.88. The molecule has 1 saturated carbocycles. The highest BCUT2D eigenvalue weighted by atomic mass is 32.1. The number of fused-ring (bicyclic) bond motifs is 1. The maximum absolute atomic E-state index is 4.50. The summed E-state index contributed by atoms with van der Waals surface area (Å²) >= 11 is 1.75. The van der Waals surface area contributed by atoms with Crippen LogP contribution in [0.25, 0.3) is 10.2 Å². The van der Waals surface area contributed by atoms with Crippen LogP contribution in [0.2, 0.25) is 0 Å². The first-order chi connectivity index (χ1) is 9.66. The molecule has 4 heteroatoms. The summed E-state index contributed by atoms with van der Waals surface area (Å²) in [7, 11) is 0. The molecule has 1 N–H and O–H groups in total. The highest BCUT2D eigenvalue weighted by Crippen LogP contribution is 2.34. The maximum Gasteiger partial charge on any atom is 0.147 e. The lowest BCUT2D eigenvalue weighted by Crippen LogP contribution is -2.35. The Bertz CT molecular complexity index is 590. The van der Waals surface area contributed by atoms with Crippen LogP contribution in [0, 0.1) is 18.8 Å². The summed E-state index contributed by atoms with van der Waals surface area (Å²) < 4.78 is 1.21. The average Bonchev–Trinajstić information content (AvgIpc) is 2.82. The summed E-state index contributed by atoms with van der Waals surface area (Å²) in [5.41, 5.74) is 2.35. The number of nitrogens with zero attached hydrogens (tertiary/aromatic N) is 2. The van der Waals surface area contributed by atoms with Crippen molar-refractivity contribution in [3.8, 4) is 0 Å². The summed E-state index contributed by atoms with van der Waals surface area (Å²) in [5, 5.41) is 5.90. The average molecular weight is 289 g/mol. The van der Waals surface area contributed by atoms with Gasteiger partial charge in [0, 0.05) is 6.04 Å². The number of nitrogens with one attached hydrogen (secondary N) is 1. The number of hydrogen-bond donors (Lipinski definition) is 1. The molecule has 0 radical (unpaired) electrons. The molecule has 2 aromatic heterocycles. The van der Waals surface area contributed by atoms with E-state index in [1.807, 2.05) is 0 Å². The highest BCUT2D eigenvalue weighted by Gasteiger charge is 2.28. The molecule has 0 aliphatic heterocycles. The molecular weight excluding hydrogens is 266 g/mol. The Hall–Kier alpha value is -1.16. The van der Waals surface area contributed by atoms with Crippen molar-refractivity contribution in [2.45, 2.75) is 52.5 Å². The SMILES string of the molecule is Cc1csc2c(NC3CCCCC3C(C)C)ncnc12. The molecule has 0 aromatic carbocycles. The fraction of sp³-hybridized carbons (Fsp3) is 0.625. The van der Waals surface area contributed by atoms with Gasteiger partial charge in [-0.2, -0.15) is 0 Å². The van der Waals surface area contributed by atoms with Gasteiger partial charge in [-0.3, -0.25) is 0 Å². The van der Waals surface area contributed by atoms with E-state index in [1.165, 1.54) is 35.9 Å². The predicted octanol–water partition coefficient (Wildman–Crippen LogP) is 4.63. The molecule has 1 aliphatic rings. The van der Waals surface area contributed by atoms with Crippen molar-refractivity contribution < 1.29 is 0 Å². The Morgan fingerprint density at radius 1 is 1.25 bits per heavy atom. The fourth-order valence-electron chi connectivity index (χ4n) is 3.38. The van der Waals surface area contributed by atoms with E-state index in [4.69, 9.17) is 0 Å². The fourth-order valence-corrected chi connectivity index (χ4v) is 4.34. The van der Waals surface area contributed by atoms with Crippen LogP contribution < -0.4 is 5.32 Å². The third-order valence-electron chi connectivity index (χ3n) is 4.53. The first kappa shape index (κ1) is 13.8. The first-order valence-corrected chi connectivity index (χ1v) is 8.50. The van der Waals surface area contributed by atoms with Gasteiger partial charge in [0.25, 0.3) is 0 Å². The summed E-state index contributed by atoms with van der Waals surface area (Å²) in [5.74, 6) is 2.52. The molecule has 0 bridgehead atoms. The van der Waals surface area contributed by atoms with E-state index in [9.17, 15) is 0 Å². The van der Waals surface area contributed by atoms with Gasteiger partial charge in [-0.1, -0.05) is 26.7 Å². The van der Waals surface area contributed by atoms with Crippen molar-refractivity contribution in [2.75, 3.05) is 5.32 Å². The van der Waals surface area contributed by atoms with E-state index in [0.29, 0.717) is 6.04 Å². The van der Waals surface area contributed by atoms with Gasteiger partial charge in [0.05, 0.1) is 10.2 Å². The van der Waals surface area contributed by atoms with Crippen LogP contribution in [-0.2, 0) is 0 Å². The Morgan fingerprint density at radius 3 is 2.85 bits per heavy atom. The van der Waals surface area contributed by atoms with Gasteiger partial charge in [0.15, 0.2) is 0 Å². The second-order valence-corrected chi connectivity index (χ2v) is 7.14. The maximum atomic E-state index is 4.50. The van der Waals surface area contributed by atoms with Crippen molar-refractivity contribution in [3.63, 3.8) is 0 Å². The van der Waals surface area contributed by atoms with Crippen LogP contribution in [0.5, 0.6) is 0 Å². The van der Waals surface area contributed by atoms with Gasteiger partial charge in [-0.25, -0.2) is 9.97 Å². The minimum Gasteiger partial charge on any atom is -0.366 e. The van der Waals surface area contributed by atoms with Gasteiger partial charge in [-0.05, 0) is 42.5 Å². The number of rotatable bonds is 3. The lowest BCUT2D eigenvalue weighted by molar-refractivity contribution is 0.253. The molecular formula is C16H23N3S. The topological polar surface area (TPSA) is 37.8 Å². The van der Waals surface area contributed by atoms with Gasteiger partial charge in [0.1, 0.15) is 12.1 Å². The molecule has 0 saturated heterocycles. The van der Waals surface area contributed by atoms with E-state index in [0.717, 1.165) is 23.2 Å². The van der Waals surface area contributed by atoms with E-state index >= 15 is 0 Å². The van der Waals surface area contributed by atoms with Crippen molar-refractivity contribution in [2.24, 2.45) is 11.8 Å². The number of anilines is 1. The van der Waals surface area contributed by atoms with E-state index in [-0.39, 0.29) is 0 Å². The van der Waals surface area contributed by atoms with Crippen LogP contribution in [0.3, 0.4) is 0 Å². The van der Waals surface area contributed by atoms with Crippen LogP contribution in [-0.4, -0.2) is 16.0 Å². The molecule has 1 fully saturated rings. The second kappa shape index (κ2) is 5.68. The summed E-state index contributed by atoms with van der Waals surface area (Å²) in [6.45, 7) is 6.80. The lowest BCUT2D eigenvalue weighted by atomic mass is 9.78. The molecule has 2 atom stereocenters. The van der Waals surface area contributed by atoms with Gasteiger partial charge in [-0.15, -0.1) is 11.3 Å². The smallest absolute Gasteiger partial charge is 0.147 e. The number of aryl methyl sites for hydroxylation is 1. The number of hydrogen-bond acceptors (Lipinski definition) is 4. The Kier molecular flexibility index (Phi) is 3.92. The third kappa shape index (κ3) is 2.53. The molecule has 2 unspecified atom stereocenters. The van der Waals surface area contributed by atoms with E-state index in [1.54, 1.807) is 17.7 Å². The monoisotopic (exact) mass is 289 g/mol. The van der Waals surface area contributed by atoms with Crippen LogP contribution in [0.1, 0.15) is 45.1 Å². The minimum absolute atomic E-state index is 0.559. The first-order valence-electron chi connectivity index (χ1n) is 7.62. The van der Waals surface area contributed by atoms with Crippen LogP contribution in [0.4, 0.5) is 5.82 Å². The zero-order valence-electron chi connectivity index (χ0n) is 12.5. The second-order valence-electron chi connectivity index (χ2n) is 6.26. The molecule has 108 valence electrons. The van der Waals surface area contributed by atoms with Crippen molar-refractivity contribution in [3.05, 3.63) is 17.3 Å². The van der Waals surface area contributed by atoms with Gasteiger partial charge < -0.3 is 5.32 Å². The molecule has 20 heavy (non-hydrogen) atoms. The summed E-state index contributed by atoms with van der Waals surface area (Å²) in [6.07, 6.45) is 7.00. The molecule has 2 heterocycles. The number of thiophene rings is 1. The zero-order chi connectivity index (χ0) is 14.1. The zero-order valence-corrected chi connectivity index (χ0v) is 13.3. The van der Waals surface area contributed by atoms with Crippen LogP contribution >= 0.6 is 11.3 Å². The van der Waals surface area contributed by atoms with Crippen LogP contribution in [0.15, 0.2) is 11.7 Å². The van der Waals surface area contributed by atoms with Gasteiger partial charge >= 0.3 is 0 Å². The van der Waals surface area contributed by atoms with E-state index in [2.05, 4.69) is 41.4 Å². The van der Waals surface area contributed by atoms with E-state index < -0.39 is 0 Å². The predicted molar refractivity (Wildman–Crippen MR) is 86.4 cm³/mol. The van der Waals surface area contributed by atoms with Crippen molar-refractivity contribution >= 4 is 27.4 Å². The largest absolute Gasteiger partial charge is 0.366 e. The normalized spacial score (nSPS) is 23.4.